The number of benzene rings is 1. The molecule has 1 saturated carbocycles. The van der Waals surface area contributed by atoms with Crippen molar-refractivity contribution in [1.29, 1.82) is 0 Å². The lowest BCUT2D eigenvalue weighted by molar-refractivity contribution is 0.0326. The Morgan fingerprint density at radius 1 is 1.24 bits per heavy atom. The standard InChI is InChI=1S/C20H31N/c1-14(2)15-6-8-17-16(12-15)7-9-18-19(3,13-21)10-5-11-20(17,18)4/h6,8,12,14,18H,5,7,9-11,13,21H2,1-4H3/t18-,19+,20-/m0/s1. The van der Waals surface area contributed by atoms with Crippen molar-refractivity contribution in [1.82, 2.24) is 0 Å². The van der Waals surface area contributed by atoms with Gasteiger partial charge < -0.3 is 5.73 Å². The Balaban J connectivity index is 2.05. The third kappa shape index (κ3) is 2.25. The Hall–Kier alpha value is -0.820. The summed E-state index contributed by atoms with van der Waals surface area (Å²) >= 11 is 0. The molecule has 0 heterocycles. The second-order valence-corrected chi connectivity index (χ2v) is 8.29. The fourth-order valence-electron chi connectivity index (χ4n) is 5.25. The van der Waals surface area contributed by atoms with E-state index >= 15 is 0 Å². The first-order valence-electron chi connectivity index (χ1n) is 8.74. The van der Waals surface area contributed by atoms with Crippen molar-refractivity contribution in [2.75, 3.05) is 6.54 Å². The Labute approximate surface area is 130 Å². The van der Waals surface area contributed by atoms with Crippen LogP contribution in [0.4, 0.5) is 0 Å². The predicted molar refractivity (Wildman–Crippen MR) is 90.7 cm³/mol. The summed E-state index contributed by atoms with van der Waals surface area (Å²) in [7, 11) is 0. The summed E-state index contributed by atoms with van der Waals surface area (Å²) in [6.07, 6.45) is 6.53. The molecule has 0 aliphatic heterocycles. The lowest BCUT2D eigenvalue weighted by Crippen LogP contribution is -2.51. The van der Waals surface area contributed by atoms with Crippen LogP contribution >= 0.6 is 0 Å². The molecule has 0 bridgehead atoms. The summed E-state index contributed by atoms with van der Waals surface area (Å²) in [5, 5.41) is 0. The molecule has 2 aliphatic carbocycles. The van der Waals surface area contributed by atoms with E-state index in [1.54, 1.807) is 11.1 Å². The highest BCUT2D eigenvalue weighted by molar-refractivity contribution is 5.42. The molecule has 1 aromatic carbocycles. The predicted octanol–water partition coefficient (Wildman–Crippen LogP) is 4.78. The van der Waals surface area contributed by atoms with Crippen LogP contribution < -0.4 is 5.73 Å². The van der Waals surface area contributed by atoms with Crippen molar-refractivity contribution >= 4 is 0 Å². The second kappa shape index (κ2) is 5.12. The molecular weight excluding hydrogens is 254 g/mol. The van der Waals surface area contributed by atoms with Gasteiger partial charge in [0.25, 0.3) is 0 Å². The zero-order valence-corrected chi connectivity index (χ0v) is 14.2. The molecule has 2 aliphatic rings. The van der Waals surface area contributed by atoms with Gasteiger partial charge in [-0.15, -0.1) is 0 Å². The molecule has 2 N–H and O–H groups in total. The van der Waals surface area contributed by atoms with E-state index in [4.69, 9.17) is 5.73 Å². The first kappa shape index (κ1) is 15.1. The maximum absolute atomic E-state index is 6.19. The number of hydrogen-bond donors (Lipinski definition) is 1. The molecule has 3 atom stereocenters. The molecule has 0 amide bonds. The van der Waals surface area contributed by atoms with E-state index < -0.39 is 0 Å². The van der Waals surface area contributed by atoms with Crippen LogP contribution in [0.25, 0.3) is 0 Å². The van der Waals surface area contributed by atoms with E-state index in [1.807, 2.05) is 0 Å². The Morgan fingerprint density at radius 3 is 2.67 bits per heavy atom. The number of nitrogens with two attached hydrogens (primary N) is 1. The molecule has 1 fully saturated rings. The highest BCUT2D eigenvalue weighted by atomic mass is 14.7. The maximum Gasteiger partial charge on any atom is -0.00202 e. The zero-order chi connectivity index (χ0) is 15.3. The summed E-state index contributed by atoms with van der Waals surface area (Å²) in [6.45, 7) is 10.4. The van der Waals surface area contributed by atoms with E-state index in [0.717, 1.165) is 12.5 Å². The van der Waals surface area contributed by atoms with Gasteiger partial charge in [0, 0.05) is 0 Å². The van der Waals surface area contributed by atoms with E-state index in [2.05, 4.69) is 45.9 Å². The fraction of sp³-hybridized carbons (Fsp3) is 0.700. The van der Waals surface area contributed by atoms with Gasteiger partial charge in [-0.3, -0.25) is 0 Å². The highest BCUT2D eigenvalue weighted by Crippen LogP contribution is 2.56. The molecule has 3 rings (SSSR count). The van der Waals surface area contributed by atoms with Crippen molar-refractivity contribution in [2.45, 2.75) is 71.1 Å². The lowest BCUT2D eigenvalue weighted by Gasteiger charge is -2.55. The van der Waals surface area contributed by atoms with Gasteiger partial charge >= 0.3 is 0 Å². The summed E-state index contributed by atoms with van der Waals surface area (Å²) in [6, 6.07) is 7.29. The van der Waals surface area contributed by atoms with Crippen LogP contribution in [0.3, 0.4) is 0 Å². The normalized spacial score (nSPS) is 35.4. The number of rotatable bonds is 2. The average molecular weight is 285 g/mol. The van der Waals surface area contributed by atoms with Gasteiger partial charge in [-0.25, -0.2) is 0 Å². The van der Waals surface area contributed by atoms with Crippen LogP contribution in [0.2, 0.25) is 0 Å². The van der Waals surface area contributed by atoms with Gasteiger partial charge in [0.1, 0.15) is 0 Å². The van der Waals surface area contributed by atoms with Gasteiger partial charge in [-0.05, 0) is 71.6 Å². The van der Waals surface area contributed by atoms with E-state index in [-0.39, 0.29) is 0 Å². The van der Waals surface area contributed by atoms with Crippen molar-refractivity contribution in [3.05, 3.63) is 34.9 Å². The van der Waals surface area contributed by atoms with Crippen LogP contribution in [0.5, 0.6) is 0 Å². The number of aryl methyl sites for hydroxylation is 1. The molecular formula is C20H31N. The summed E-state index contributed by atoms with van der Waals surface area (Å²) in [4.78, 5) is 0. The van der Waals surface area contributed by atoms with Crippen LogP contribution in [0, 0.1) is 11.3 Å². The Morgan fingerprint density at radius 2 is 2.00 bits per heavy atom. The summed E-state index contributed by atoms with van der Waals surface area (Å²) in [5.74, 6) is 1.38. The maximum atomic E-state index is 6.19. The Kier molecular flexibility index (Phi) is 3.68. The first-order valence-corrected chi connectivity index (χ1v) is 8.74. The van der Waals surface area contributed by atoms with Crippen molar-refractivity contribution in [3.63, 3.8) is 0 Å². The Bertz CT molecular complexity index is 533. The van der Waals surface area contributed by atoms with Crippen LogP contribution in [-0.4, -0.2) is 6.54 Å². The third-order valence-corrected chi connectivity index (χ3v) is 6.63. The van der Waals surface area contributed by atoms with E-state index in [9.17, 15) is 0 Å². The molecule has 1 aromatic rings. The molecule has 1 heteroatoms. The monoisotopic (exact) mass is 285 g/mol. The molecule has 0 saturated heterocycles. The van der Waals surface area contributed by atoms with Gasteiger partial charge in [0.2, 0.25) is 0 Å². The molecule has 0 aromatic heterocycles. The van der Waals surface area contributed by atoms with Crippen LogP contribution in [0.1, 0.15) is 76.0 Å². The molecule has 116 valence electrons. The van der Waals surface area contributed by atoms with Gasteiger partial charge in [-0.1, -0.05) is 52.3 Å². The van der Waals surface area contributed by atoms with Crippen molar-refractivity contribution < 1.29 is 0 Å². The van der Waals surface area contributed by atoms with Crippen molar-refractivity contribution in [3.8, 4) is 0 Å². The minimum absolute atomic E-state index is 0.335. The number of fused-ring (bicyclic) bond motifs is 3. The minimum atomic E-state index is 0.335. The van der Waals surface area contributed by atoms with E-state index in [0.29, 0.717) is 16.7 Å². The van der Waals surface area contributed by atoms with Crippen LogP contribution in [-0.2, 0) is 11.8 Å². The van der Waals surface area contributed by atoms with Crippen LogP contribution in [0.15, 0.2) is 18.2 Å². The molecule has 21 heavy (non-hydrogen) atoms. The fourth-order valence-corrected chi connectivity index (χ4v) is 5.25. The van der Waals surface area contributed by atoms with E-state index in [1.165, 1.54) is 37.7 Å². The molecule has 0 radical (unpaired) electrons. The smallest absolute Gasteiger partial charge is 0.00202 e. The third-order valence-electron chi connectivity index (χ3n) is 6.63. The average Bonchev–Trinajstić information content (AvgIpc) is 2.46. The topological polar surface area (TPSA) is 26.0 Å². The highest BCUT2D eigenvalue weighted by Gasteiger charge is 2.50. The van der Waals surface area contributed by atoms with Gasteiger partial charge in [0.05, 0.1) is 0 Å². The minimum Gasteiger partial charge on any atom is -0.330 e. The quantitative estimate of drug-likeness (QED) is 0.831. The second-order valence-electron chi connectivity index (χ2n) is 8.29. The molecule has 1 nitrogen and oxygen atoms in total. The SMILES string of the molecule is CC(C)c1ccc2c(c1)CC[C@H]1[C@@](C)(CN)CCC[C@@]21C. The lowest BCUT2D eigenvalue weighted by atomic mass is 9.50. The van der Waals surface area contributed by atoms with Crippen molar-refractivity contribution in [2.24, 2.45) is 17.1 Å². The first-order chi connectivity index (χ1) is 9.90. The van der Waals surface area contributed by atoms with Gasteiger partial charge in [-0.2, -0.15) is 0 Å². The molecule has 0 spiro atoms. The van der Waals surface area contributed by atoms with Gasteiger partial charge in [0.15, 0.2) is 0 Å². The summed E-state index contributed by atoms with van der Waals surface area (Å²) < 4.78 is 0. The molecule has 0 unspecified atom stereocenters. The summed E-state index contributed by atoms with van der Waals surface area (Å²) in [5.41, 5.74) is 11.6. The zero-order valence-electron chi connectivity index (χ0n) is 14.2. The largest absolute Gasteiger partial charge is 0.330 e. The number of hydrogen-bond acceptors (Lipinski definition) is 1.